The third kappa shape index (κ3) is 7.55. The lowest BCUT2D eigenvalue weighted by Crippen LogP contribution is -2.43. The number of carbonyl (C=O) groups excluding carboxylic acids is 1. The SMILES string of the molecule is CCCNS(=O)(=O)NC(=O)C(Cc1cc(Cl)ccc1OC[C@@H](N)CC)c1ccsc1. The van der Waals surface area contributed by atoms with E-state index in [-0.39, 0.29) is 19.0 Å². The van der Waals surface area contributed by atoms with Crippen molar-refractivity contribution in [3.8, 4) is 5.75 Å². The van der Waals surface area contributed by atoms with Gasteiger partial charge in [0.1, 0.15) is 12.4 Å². The van der Waals surface area contributed by atoms with Crippen LogP contribution >= 0.6 is 22.9 Å². The maximum atomic E-state index is 12.9. The van der Waals surface area contributed by atoms with E-state index in [1.54, 1.807) is 24.3 Å². The van der Waals surface area contributed by atoms with Crippen molar-refractivity contribution in [1.82, 2.24) is 9.44 Å². The first kappa shape index (κ1) is 24.6. The van der Waals surface area contributed by atoms with Crippen LogP contribution in [-0.2, 0) is 21.4 Å². The van der Waals surface area contributed by atoms with Crippen LogP contribution in [0.4, 0.5) is 0 Å². The summed E-state index contributed by atoms with van der Waals surface area (Å²) in [7, 11) is -3.93. The molecule has 0 spiro atoms. The summed E-state index contributed by atoms with van der Waals surface area (Å²) in [5.74, 6) is -0.772. The highest BCUT2D eigenvalue weighted by Crippen LogP contribution is 2.30. The molecule has 1 aromatic heterocycles. The van der Waals surface area contributed by atoms with Crippen molar-refractivity contribution < 1.29 is 17.9 Å². The maximum absolute atomic E-state index is 12.9. The fourth-order valence-electron chi connectivity index (χ4n) is 2.69. The first-order valence-corrected chi connectivity index (χ1v) is 12.6. The Bertz CT molecular complexity index is 920. The van der Waals surface area contributed by atoms with Crippen LogP contribution in [0, 0.1) is 0 Å². The van der Waals surface area contributed by atoms with Crippen molar-refractivity contribution in [2.24, 2.45) is 5.73 Å². The van der Waals surface area contributed by atoms with Gasteiger partial charge < -0.3 is 10.5 Å². The number of nitrogens with two attached hydrogens (primary N) is 1. The lowest BCUT2D eigenvalue weighted by atomic mass is 9.93. The van der Waals surface area contributed by atoms with Gasteiger partial charge in [0.25, 0.3) is 0 Å². The van der Waals surface area contributed by atoms with E-state index in [0.717, 1.165) is 12.0 Å². The molecule has 2 rings (SSSR count). The van der Waals surface area contributed by atoms with Gasteiger partial charge in [-0.1, -0.05) is 25.4 Å². The van der Waals surface area contributed by atoms with Gasteiger partial charge in [0.2, 0.25) is 5.91 Å². The van der Waals surface area contributed by atoms with Crippen molar-refractivity contribution in [1.29, 1.82) is 0 Å². The summed E-state index contributed by atoms with van der Waals surface area (Å²) in [6, 6.07) is 6.86. The van der Waals surface area contributed by atoms with Crippen molar-refractivity contribution in [2.75, 3.05) is 13.2 Å². The Hall–Kier alpha value is -1.65. The van der Waals surface area contributed by atoms with E-state index in [1.807, 2.05) is 24.6 Å². The normalized spacial score (nSPS) is 13.6. The van der Waals surface area contributed by atoms with Gasteiger partial charge in [-0.25, -0.2) is 4.72 Å². The van der Waals surface area contributed by atoms with Crippen LogP contribution in [-0.4, -0.2) is 33.5 Å². The lowest BCUT2D eigenvalue weighted by Gasteiger charge is -2.19. The second-order valence-corrected chi connectivity index (χ2v) is 9.62. The van der Waals surface area contributed by atoms with Gasteiger partial charge in [0.15, 0.2) is 0 Å². The molecule has 166 valence electrons. The fraction of sp³-hybridized carbons (Fsp3) is 0.450. The highest BCUT2D eigenvalue weighted by atomic mass is 35.5. The summed E-state index contributed by atoms with van der Waals surface area (Å²) in [5.41, 5.74) is 7.38. The smallest absolute Gasteiger partial charge is 0.301 e. The number of halogens is 1. The number of benzene rings is 1. The van der Waals surface area contributed by atoms with Gasteiger partial charge in [0, 0.05) is 17.6 Å². The molecule has 0 bridgehead atoms. The van der Waals surface area contributed by atoms with Crippen LogP contribution < -0.4 is 19.9 Å². The Labute approximate surface area is 187 Å². The molecule has 1 unspecified atom stereocenters. The summed E-state index contributed by atoms with van der Waals surface area (Å²) in [6.07, 6.45) is 1.61. The molecule has 0 fully saturated rings. The van der Waals surface area contributed by atoms with Crippen LogP contribution in [0.3, 0.4) is 0 Å². The second-order valence-electron chi connectivity index (χ2n) is 6.91. The molecular weight excluding hydrogens is 446 g/mol. The third-order valence-electron chi connectivity index (χ3n) is 4.46. The maximum Gasteiger partial charge on any atom is 0.301 e. The van der Waals surface area contributed by atoms with E-state index in [4.69, 9.17) is 22.1 Å². The number of thiophene rings is 1. The summed E-state index contributed by atoms with van der Waals surface area (Å²) < 4.78 is 34.6. The summed E-state index contributed by atoms with van der Waals surface area (Å²) >= 11 is 7.61. The minimum absolute atomic E-state index is 0.112. The molecule has 10 heteroatoms. The average molecular weight is 474 g/mol. The van der Waals surface area contributed by atoms with E-state index in [0.29, 0.717) is 29.4 Å². The zero-order valence-electron chi connectivity index (χ0n) is 17.1. The Morgan fingerprint density at radius 3 is 2.70 bits per heavy atom. The van der Waals surface area contributed by atoms with Gasteiger partial charge >= 0.3 is 10.2 Å². The Morgan fingerprint density at radius 1 is 1.30 bits per heavy atom. The van der Waals surface area contributed by atoms with Gasteiger partial charge in [-0.3, -0.25) is 4.79 Å². The van der Waals surface area contributed by atoms with Crippen LogP contribution in [0.15, 0.2) is 35.0 Å². The molecule has 0 saturated heterocycles. The van der Waals surface area contributed by atoms with E-state index < -0.39 is 22.0 Å². The number of amides is 1. The minimum atomic E-state index is -3.93. The third-order valence-corrected chi connectivity index (χ3v) is 6.45. The largest absolute Gasteiger partial charge is 0.492 e. The fourth-order valence-corrected chi connectivity index (χ4v) is 4.56. The molecule has 0 aliphatic carbocycles. The van der Waals surface area contributed by atoms with E-state index in [9.17, 15) is 13.2 Å². The predicted molar refractivity (Wildman–Crippen MR) is 121 cm³/mol. The van der Waals surface area contributed by atoms with E-state index in [1.165, 1.54) is 11.3 Å². The quantitative estimate of drug-likeness (QED) is 0.438. The molecule has 1 aromatic carbocycles. The van der Waals surface area contributed by atoms with Crippen molar-refractivity contribution in [3.05, 3.63) is 51.2 Å². The number of hydrogen-bond acceptors (Lipinski definition) is 6. The Balaban J connectivity index is 2.27. The standard InChI is InChI=1S/C20H28ClN3O4S2/c1-3-8-23-30(26,27)24-20(25)18(14-7-9-29-13-14)11-15-10-16(21)5-6-19(15)28-12-17(22)4-2/h5-7,9-10,13,17-18,23H,3-4,8,11-12,22H2,1-2H3,(H,24,25)/t17-,18?/m0/s1. The topological polar surface area (TPSA) is 111 Å². The first-order chi connectivity index (χ1) is 14.3. The molecule has 30 heavy (non-hydrogen) atoms. The van der Waals surface area contributed by atoms with Crippen molar-refractivity contribution >= 4 is 39.1 Å². The van der Waals surface area contributed by atoms with Gasteiger partial charge in [-0.2, -0.15) is 24.5 Å². The van der Waals surface area contributed by atoms with Gasteiger partial charge in [-0.05, 0) is 65.4 Å². The second kappa shape index (κ2) is 11.7. The molecule has 7 nitrogen and oxygen atoms in total. The lowest BCUT2D eigenvalue weighted by molar-refractivity contribution is -0.120. The highest BCUT2D eigenvalue weighted by molar-refractivity contribution is 7.88. The summed E-state index contributed by atoms with van der Waals surface area (Å²) in [5, 5.41) is 4.17. The molecule has 2 aromatic rings. The molecule has 0 aliphatic rings. The minimum Gasteiger partial charge on any atom is -0.492 e. The molecule has 0 aliphatic heterocycles. The number of hydrogen-bond donors (Lipinski definition) is 3. The molecule has 1 amide bonds. The van der Waals surface area contributed by atoms with Crippen LogP contribution in [0.2, 0.25) is 5.02 Å². The molecule has 4 N–H and O–H groups in total. The van der Waals surface area contributed by atoms with Crippen molar-refractivity contribution in [2.45, 2.75) is 45.1 Å². The monoisotopic (exact) mass is 473 g/mol. The zero-order chi connectivity index (χ0) is 22.1. The predicted octanol–water partition coefficient (Wildman–Crippen LogP) is 3.20. The molecular formula is C20H28ClN3O4S2. The number of carbonyl (C=O) groups is 1. The molecule has 0 saturated carbocycles. The van der Waals surface area contributed by atoms with Crippen molar-refractivity contribution in [3.63, 3.8) is 0 Å². The Morgan fingerprint density at radius 2 is 2.07 bits per heavy atom. The summed E-state index contributed by atoms with van der Waals surface area (Å²) in [6.45, 7) is 4.38. The van der Waals surface area contributed by atoms with Crippen LogP contribution in [0.1, 0.15) is 43.7 Å². The van der Waals surface area contributed by atoms with Gasteiger partial charge in [-0.15, -0.1) is 0 Å². The molecule has 0 radical (unpaired) electrons. The Kier molecular flexibility index (Phi) is 9.57. The average Bonchev–Trinajstić information content (AvgIpc) is 3.23. The molecule has 2 atom stereocenters. The van der Waals surface area contributed by atoms with Crippen LogP contribution in [0.25, 0.3) is 0 Å². The zero-order valence-corrected chi connectivity index (χ0v) is 19.4. The van der Waals surface area contributed by atoms with Crippen LogP contribution in [0.5, 0.6) is 5.75 Å². The first-order valence-electron chi connectivity index (χ1n) is 9.75. The number of nitrogens with one attached hydrogen (secondary N) is 2. The summed E-state index contributed by atoms with van der Waals surface area (Å²) in [4.78, 5) is 12.9. The highest BCUT2D eigenvalue weighted by Gasteiger charge is 2.27. The number of rotatable bonds is 12. The van der Waals surface area contributed by atoms with E-state index >= 15 is 0 Å². The van der Waals surface area contributed by atoms with E-state index in [2.05, 4.69) is 9.44 Å². The van der Waals surface area contributed by atoms with Gasteiger partial charge in [0.05, 0.1) is 5.92 Å². The number of ether oxygens (including phenoxy) is 1. The molecule has 1 heterocycles.